The largest absolute Gasteiger partial charge is 0.691 e. The monoisotopic (exact) mass is 337 g/mol. The van der Waals surface area contributed by atoms with E-state index in [1.165, 1.54) is 6.07 Å². The molecule has 2 aromatic carbocycles. The smallest absolute Gasteiger partial charge is 0.432 e. The van der Waals surface area contributed by atoms with E-state index in [-0.39, 0.29) is 0 Å². The van der Waals surface area contributed by atoms with Crippen molar-refractivity contribution in [2.75, 3.05) is 0 Å². The number of ether oxygens (including phenoxy) is 1. The Balaban J connectivity index is 2.06. The number of hydrogen-bond donors (Lipinski definition) is 0. The summed E-state index contributed by atoms with van der Waals surface area (Å²) in [4.78, 5) is 0. The van der Waals surface area contributed by atoms with Crippen LogP contribution in [0.15, 0.2) is 42.5 Å². The molecule has 0 saturated carbocycles. The van der Waals surface area contributed by atoms with E-state index >= 15 is 0 Å². The third kappa shape index (κ3) is 3.87. The third-order valence-electron chi connectivity index (χ3n) is 2.74. The van der Waals surface area contributed by atoms with Crippen LogP contribution in [0.2, 0.25) is 0 Å². The van der Waals surface area contributed by atoms with Gasteiger partial charge in [0, 0.05) is 0 Å². The normalized spacial score (nSPS) is 12.8. The third-order valence-corrected chi connectivity index (χ3v) is 3.31. The van der Waals surface area contributed by atoms with E-state index in [4.69, 9.17) is 0 Å². The topological polar surface area (TPSA) is 50.8 Å². The quantitative estimate of drug-likeness (QED) is 0.335. The van der Waals surface area contributed by atoms with Gasteiger partial charge in [-0.2, -0.15) is 21.9 Å². The Morgan fingerprint density at radius 2 is 1.68 bits per heavy atom. The van der Waals surface area contributed by atoms with Crippen molar-refractivity contribution in [3.05, 3.63) is 48.0 Å². The molecule has 0 aliphatic rings. The number of benzene rings is 2. The maximum atomic E-state index is 13.3. The molecule has 0 spiro atoms. The van der Waals surface area contributed by atoms with Crippen LogP contribution in [-0.2, 0) is 20.7 Å². The lowest BCUT2D eigenvalue weighted by molar-refractivity contribution is -0.777. The first kappa shape index (κ1) is 17.0. The lowest BCUT2D eigenvalue weighted by atomic mass is 10.1. The first-order valence-electron chi connectivity index (χ1n) is 5.87. The lowest BCUT2D eigenvalue weighted by Crippen LogP contribution is -2.40. The molecule has 0 atom stereocenters. The van der Waals surface area contributed by atoms with Gasteiger partial charge in [0.1, 0.15) is 12.0 Å². The van der Waals surface area contributed by atoms with Gasteiger partial charge in [0.2, 0.25) is 0 Å². The van der Waals surface area contributed by atoms with Crippen molar-refractivity contribution in [3.63, 3.8) is 0 Å². The fourth-order valence-corrected chi connectivity index (χ4v) is 1.96. The minimum Gasteiger partial charge on any atom is -0.691 e. The van der Waals surface area contributed by atoms with Crippen LogP contribution in [0.3, 0.4) is 0 Å². The van der Waals surface area contributed by atoms with Crippen LogP contribution in [0.5, 0.6) is 0 Å². The van der Waals surface area contributed by atoms with Gasteiger partial charge < -0.3 is 9.99 Å². The number of rotatable bonds is 7. The van der Waals surface area contributed by atoms with Crippen LogP contribution in [0, 0.1) is 0 Å². The maximum Gasteiger partial charge on any atom is 0.432 e. The van der Waals surface area contributed by atoms with Gasteiger partial charge in [0.05, 0.1) is 6.61 Å². The Bertz CT molecular complexity index is 638. The molecule has 0 bridgehead atoms. The van der Waals surface area contributed by atoms with Crippen molar-refractivity contribution in [3.8, 4) is 0 Å². The highest BCUT2D eigenvalue weighted by Crippen LogP contribution is 2.44. The van der Waals surface area contributed by atoms with Gasteiger partial charge in [-0.3, -0.25) is 5.04 Å². The minimum absolute atomic E-state index is 0.292. The van der Waals surface area contributed by atoms with Gasteiger partial charge in [-0.05, 0) is 22.4 Å². The summed E-state index contributed by atoms with van der Waals surface area (Å²) in [5.74, 6) is 0. The van der Waals surface area contributed by atoms with Crippen LogP contribution < -0.4 is 5.26 Å². The van der Waals surface area contributed by atoms with Gasteiger partial charge in [0.25, 0.3) is 0 Å². The molecule has 120 valence electrons. The molecule has 4 nitrogen and oxygen atoms in total. The summed E-state index contributed by atoms with van der Waals surface area (Å²) in [6.07, 6.45) is -4.85. The highest BCUT2D eigenvalue weighted by atomic mass is 32.2. The van der Waals surface area contributed by atoms with Crippen LogP contribution >= 0.6 is 12.0 Å². The first-order valence-corrected chi connectivity index (χ1v) is 6.61. The molecule has 22 heavy (non-hydrogen) atoms. The molecule has 0 aromatic heterocycles. The molecule has 0 N–H and O–H groups in total. The van der Waals surface area contributed by atoms with Gasteiger partial charge >= 0.3 is 11.4 Å². The van der Waals surface area contributed by atoms with Crippen molar-refractivity contribution in [1.29, 1.82) is 0 Å². The molecule has 0 amide bonds. The second kappa shape index (κ2) is 6.80. The molecule has 2 rings (SSSR count). The Labute approximate surface area is 126 Å². The molecule has 2 aromatic rings. The Morgan fingerprint density at radius 1 is 1.00 bits per heavy atom. The lowest BCUT2D eigenvalue weighted by Gasteiger charge is -2.24. The van der Waals surface area contributed by atoms with Crippen molar-refractivity contribution < 1.29 is 36.9 Å². The predicted molar refractivity (Wildman–Crippen MR) is 68.4 cm³/mol. The molecule has 0 heterocycles. The highest BCUT2D eigenvalue weighted by molar-refractivity contribution is 7.95. The molecule has 0 aliphatic carbocycles. The van der Waals surface area contributed by atoms with Crippen molar-refractivity contribution in [2.45, 2.75) is 18.0 Å². The standard InChI is InChI=1S/C13H10F4O4S/c14-12(15,13(16,17)22-21-20-18)19-8-9-5-6-10-3-1-2-4-11(10)7-9/h1-7,18H,8H2/p-1. The zero-order valence-corrected chi connectivity index (χ0v) is 11.6. The highest BCUT2D eigenvalue weighted by Gasteiger charge is 2.60. The summed E-state index contributed by atoms with van der Waals surface area (Å²) < 4.78 is 60.0. The zero-order chi connectivity index (χ0) is 16.2. The van der Waals surface area contributed by atoms with Gasteiger partial charge in [-0.1, -0.05) is 36.4 Å². The summed E-state index contributed by atoms with van der Waals surface area (Å²) in [7, 11) is 0. The van der Waals surface area contributed by atoms with E-state index in [9.17, 15) is 22.8 Å². The van der Waals surface area contributed by atoms with E-state index < -0.39 is 30.0 Å². The van der Waals surface area contributed by atoms with Gasteiger partial charge in [-0.15, -0.1) is 0 Å². The van der Waals surface area contributed by atoms with E-state index in [1.54, 1.807) is 24.3 Å². The molecular formula is C13H9F4O4S-. The Kier molecular flexibility index (Phi) is 5.24. The summed E-state index contributed by atoms with van der Waals surface area (Å²) in [5.41, 5.74) is 0.292. The van der Waals surface area contributed by atoms with Crippen molar-refractivity contribution >= 4 is 22.8 Å². The van der Waals surface area contributed by atoms with Crippen molar-refractivity contribution in [2.24, 2.45) is 0 Å². The van der Waals surface area contributed by atoms with Crippen molar-refractivity contribution in [1.82, 2.24) is 0 Å². The number of alkyl halides is 4. The van der Waals surface area contributed by atoms with Gasteiger partial charge in [-0.25, -0.2) is 0 Å². The minimum atomic E-state index is -4.85. The SMILES string of the molecule is [O-]OOSC(F)(F)C(F)(F)OCc1ccc2ccccc2c1. The number of hydrogen-bond acceptors (Lipinski definition) is 5. The summed E-state index contributed by atoms with van der Waals surface area (Å²) in [6.45, 7) is -0.744. The second-order valence-electron chi connectivity index (χ2n) is 4.22. The Hall–Kier alpha value is -1.39. The summed E-state index contributed by atoms with van der Waals surface area (Å²) >= 11 is -1.12. The fourth-order valence-electron chi connectivity index (χ4n) is 1.69. The fraction of sp³-hybridized carbons (Fsp3) is 0.231. The van der Waals surface area contributed by atoms with E-state index in [0.29, 0.717) is 5.56 Å². The summed E-state index contributed by atoms with van der Waals surface area (Å²) in [6, 6.07) is 11.8. The van der Waals surface area contributed by atoms with Crippen LogP contribution in [0.1, 0.15) is 5.56 Å². The maximum absolute atomic E-state index is 13.3. The van der Waals surface area contributed by atoms with Crippen LogP contribution in [0.25, 0.3) is 10.8 Å². The molecule has 0 aliphatic heterocycles. The van der Waals surface area contributed by atoms with Gasteiger partial charge in [0.15, 0.2) is 0 Å². The number of fused-ring (bicyclic) bond motifs is 1. The first-order chi connectivity index (χ1) is 10.4. The predicted octanol–water partition coefficient (Wildman–Crippen LogP) is 3.41. The average Bonchev–Trinajstić information content (AvgIpc) is 2.50. The second-order valence-corrected chi connectivity index (χ2v) is 5.04. The van der Waals surface area contributed by atoms with Crippen LogP contribution in [-0.4, -0.2) is 11.4 Å². The summed E-state index contributed by atoms with van der Waals surface area (Å²) in [5, 5.41) is 8.92. The zero-order valence-electron chi connectivity index (χ0n) is 10.8. The molecule has 0 unspecified atom stereocenters. The van der Waals surface area contributed by atoms with E-state index in [1.807, 2.05) is 12.1 Å². The Morgan fingerprint density at radius 3 is 2.36 bits per heavy atom. The molecular weight excluding hydrogens is 328 g/mol. The van der Waals surface area contributed by atoms with E-state index in [0.717, 1.165) is 10.8 Å². The van der Waals surface area contributed by atoms with Crippen LogP contribution in [0.4, 0.5) is 17.6 Å². The molecule has 0 fully saturated rings. The molecule has 0 saturated heterocycles. The number of halogens is 4. The van der Waals surface area contributed by atoms with E-state index in [2.05, 4.69) is 14.1 Å². The molecule has 0 radical (unpaired) electrons. The average molecular weight is 337 g/mol. The molecule has 9 heteroatoms.